The molecule has 1 heterocycles. The number of benzene rings is 1. The molecule has 1 unspecified atom stereocenters. The highest BCUT2D eigenvalue weighted by Crippen LogP contribution is 2.19. The number of likely N-dealkylation sites (tertiary alicyclic amines) is 1. The van der Waals surface area contributed by atoms with Gasteiger partial charge in [-0.1, -0.05) is 12.1 Å². The summed E-state index contributed by atoms with van der Waals surface area (Å²) in [6.07, 6.45) is 2.46. The van der Waals surface area contributed by atoms with E-state index in [4.69, 9.17) is 10.5 Å². The average molecular weight is 238 g/mol. The van der Waals surface area contributed by atoms with Crippen molar-refractivity contribution in [2.24, 2.45) is 0 Å². The quantitative estimate of drug-likeness (QED) is 0.819. The predicted molar refractivity (Wildman–Crippen MR) is 66.1 cm³/mol. The number of hydrogen-bond donors (Lipinski definition) is 1. The van der Waals surface area contributed by atoms with E-state index < -0.39 is 0 Å². The first-order valence-electron chi connectivity index (χ1n) is 5.98. The van der Waals surface area contributed by atoms with Crippen LogP contribution in [0.25, 0.3) is 0 Å². The number of piperidine rings is 1. The maximum absolute atomic E-state index is 13.8. The van der Waals surface area contributed by atoms with Gasteiger partial charge in [0.15, 0.2) is 5.82 Å². The molecule has 0 spiro atoms. The van der Waals surface area contributed by atoms with Gasteiger partial charge in [0.05, 0.1) is 11.8 Å². The first-order valence-corrected chi connectivity index (χ1v) is 5.98. The Kier molecular flexibility index (Phi) is 3.97. The van der Waals surface area contributed by atoms with Crippen LogP contribution in [0.4, 0.5) is 10.1 Å². The molecule has 0 aliphatic carbocycles. The maximum atomic E-state index is 13.8. The lowest BCUT2D eigenvalue weighted by atomic mass is 10.1. The predicted octanol–water partition coefficient (Wildman–Crippen LogP) is 2.02. The molecule has 0 saturated carbocycles. The van der Waals surface area contributed by atoms with Crippen LogP contribution >= 0.6 is 0 Å². The van der Waals surface area contributed by atoms with E-state index in [1.807, 2.05) is 0 Å². The van der Waals surface area contributed by atoms with Gasteiger partial charge in [-0.15, -0.1) is 0 Å². The molecule has 1 aliphatic heterocycles. The Morgan fingerprint density at radius 3 is 3.12 bits per heavy atom. The third-order valence-corrected chi connectivity index (χ3v) is 3.30. The molecular weight excluding hydrogens is 219 g/mol. The summed E-state index contributed by atoms with van der Waals surface area (Å²) < 4.78 is 19.1. The summed E-state index contributed by atoms with van der Waals surface area (Å²) in [5, 5.41) is 0. The summed E-state index contributed by atoms with van der Waals surface area (Å²) >= 11 is 0. The molecule has 2 rings (SSSR count). The van der Waals surface area contributed by atoms with E-state index >= 15 is 0 Å². The molecule has 1 aromatic carbocycles. The third kappa shape index (κ3) is 2.96. The van der Waals surface area contributed by atoms with Gasteiger partial charge in [0.25, 0.3) is 0 Å². The normalized spacial score (nSPS) is 21.6. The van der Waals surface area contributed by atoms with Crippen LogP contribution in [0.1, 0.15) is 18.4 Å². The van der Waals surface area contributed by atoms with E-state index in [-0.39, 0.29) is 17.6 Å². The molecule has 0 bridgehead atoms. The van der Waals surface area contributed by atoms with Crippen molar-refractivity contribution in [1.29, 1.82) is 0 Å². The highest BCUT2D eigenvalue weighted by atomic mass is 19.1. The number of hydrogen-bond acceptors (Lipinski definition) is 3. The van der Waals surface area contributed by atoms with Crippen LogP contribution in [-0.2, 0) is 11.3 Å². The first-order chi connectivity index (χ1) is 8.20. The van der Waals surface area contributed by atoms with Crippen molar-refractivity contribution in [3.63, 3.8) is 0 Å². The Bertz CT molecular complexity index is 384. The van der Waals surface area contributed by atoms with E-state index in [0.717, 1.165) is 25.9 Å². The minimum Gasteiger partial charge on any atom is -0.396 e. The van der Waals surface area contributed by atoms with E-state index in [2.05, 4.69) is 4.90 Å². The zero-order valence-corrected chi connectivity index (χ0v) is 10.2. The number of nitrogens with zero attached hydrogens (tertiary/aromatic N) is 1. The van der Waals surface area contributed by atoms with Crippen LogP contribution in [0, 0.1) is 5.82 Å². The highest BCUT2D eigenvalue weighted by molar-refractivity contribution is 5.42. The zero-order chi connectivity index (χ0) is 12.3. The summed E-state index contributed by atoms with van der Waals surface area (Å²) in [5.41, 5.74) is 6.45. The monoisotopic (exact) mass is 238 g/mol. The van der Waals surface area contributed by atoms with Crippen LogP contribution in [0.3, 0.4) is 0 Å². The van der Waals surface area contributed by atoms with Crippen LogP contribution < -0.4 is 5.73 Å². The van der Waals surface area contributed by atoms with Crippen molar-refractivity contribution in [2.75, 3.05) is 25.9 Å². The number of nitrogens with two attached hydrogens (primary N) is 1. The smallest absolute Gasteiger partial charge is 0.150 e. The molecule has 0 radical (unpaired) electrons. The summed E-state index contributed by atoms with van der Waals surface area (Å²) in [4.78, 5) is 2.22. The second-order valence-corrected chi connectivity index (χ2v) is 4.56. The van der Waals surface area contributed by atoms with Crippen molar-refractivity contribution in [3.8, 4) is 0 Å². The van der Waals surface area contributed by atoms with Crippen LogP contribution in [0.2, 0.25) is 0 Å². The van der Waals surface area contributed by atoms with Crippen molar-refractivity contribution in [2.45, 2.75) is 25.5 Å². The fourth-order valence-corrected chi connectivity index (χ4v) is 2.31. The van der Waals surface area contributed by atoms with E-state index in [0.29, 0.717) is 12.1 Å². The first kappa shape index (κ1) is 12.3. The lowest BCUT2D eigenvalue weighted by Gasteiger charge is -2.31. The molecule has 0 amide bonds. The van der Waals surface area contributed by atoms with Gasteiger partial charge in [-0.05, 0) is 25.5 Å². The lowest BCUT2D eigenvalue weighted by Crippen LogP contribution is -2.38. The standard InChI is InChI=1S/C13H19FN2O/c1-17-11-5-3-7-16(9-11)8-10-4-2-6-12(15)13(10)14/h2,4,6,11H,3,5,7-9,15H2,1H3. The number of halogens is 1. The summed E-state index contributed by atoms with van der Waals surface area (Å²) in [5.74, 6) is -0.285. The number of methoxy groups -OCH3 is 1. The second-order valence-electron chi connectivity index (χ2n) is 4.56. The van der Waals surface area contributed by atoms with Crippen molar-refractivity contribution in [1.82, 2.24) is 4.90 Å². The largest absolute Gasteiger partial charge is 0.396 e. The van der Waals surface area contributed by atoms with Crippen molar-refractivity contribution >= 4 is 5.69 Å². The van der Waals surface area contributed by atoms with Gasteiger partial charge in [-0.3, -0.25) is 4.90 Å². The van der Waals surface area contributed by atoms with Crippen molar-refractivity contribution in [3.05, 3.63) is 29.6 Å². The fourth-order valence-electron chi connectivity index (χ4n) is 2.31. The third-order valence-electron chi connectivity index (χ3n) is 3.30. The summed E-state index contributed by atoms with van der Waals surface area (Å²) in [7, 11) is 1.73. The topological polar surface area (TPSA) is 38.5 Å². The molecule has 1 saturated heterocycles. The highest BCUT2D eigenvalue weighted by Gasteiger charge is 2.20. The molecular formula is C13H19FN2O. The lowest BCUT2D eigenvalue weighted by molar-refractivity contribution is 0.0282. The Hall–Kier alpha value is -1.13. The summed E-state index contributed by atoms with van der Waals surface area (Å²) in [6.45, 7) is 2.47. The van der Waals surface area contributed by atoms with Gasteiger partial charge in [0.1, 0.15) is 0 Å². The molecule has 1 aliphatic rings. The molecule has 2 N–H and O–H groups in total. The molecule has 1 aromatic rings. The van der Waals surface area contributed by atoms with Gasteiger partial charge in [0.2, 0.25) is 0 Å². The van der Waals surface area contributed by atoms with Crippen LogP contribution in [0.15, 0.2) is 18.2 Å². The molecule has 3 nitrogen and oxygen atoms in total. The Balaban J connectivity index is 2.02. The van der Waals surface area contributed by atoms with Gasteiger partial charge < -0.3 is 10.5 Å². The number of anilines is 1. The van der Waals surface area contributed by atoms with Gasteiger partial charge in [-0.2, -0.15) is 0 Å². The van der Waals surface area contributed by atoms with E-state index in [1.165, 1.54) is 0 Å². The molecule has 0 aromatic heterocycles. The minimum absolute atomic E-state index is 0.225. The zero-order valence-electron chi connectivity index (χ0n) is 10.2. The molecule has 94 valence electrons. The Morgan fingerprint density at radius 1 is 1.53 bits per heavy atom. The average Bonchev–Trinajstić information content (AvgIpc) is 2.35. The second kappa shape index (κ2) is 5.47. The number of rotatable bonds is 3. The fraction of sp³-hybridized carbons (Fsp3) is 0.538. The van der Waals surface area contributed by atoms with Gasteiger partial charge in [-0.25, -0.2) is 4.39 Å². The number of ether oxygens (including phenoxy) is 1. The SMILES string of the molecule is COC1CCCN(Cc2cccc(N)c2F)C1. The number of nitrogen functional groups attached to an aromatic ring is 1. The van der Waals surface area contributed by atoms with Gasteiger partial charge in [0, 0.05) is 25.8 Å². The summed E-state index contributed by atoms with van der Waals surface area (Å²) in [6, 6.07) is 5.18. The molecule has 4 heteroatoms. The van der Waals surface area contributed by atoms with E-state index in [1.54, 1.807) is 25.3 Å². The van der Waals surface area contributed by atoms with E-state index in [9.17, 15) is 4.39 Å². The van der Waals surface area contributed by atoms with Gasteiger partial charge >= 0.3 is 0 Å². The molecule has 17 heavy (non-hydrogen) atoms. The Morgan fingerprint density at radius 2 is 2.35 bits per heavy atom. The minimum atomic E-state index is -0.285. The van der Waals surface area contributed by atoms with Crippen LogP contribution in [-0.4, -0.2) is 31.2 Å². The Labute approximate surface area is 101 Å². The maximum Gasteiger partial charge on any atom is 0.150 e. The molecule has 1 fully saturated rings. The molecule has 1 atom stereocenters. The van der Waals surface area contributed by atoms with Crippen LogP contribution in [0.5, 0.6) is 0 Å². The van der Waals surface area contributed by atoms with Crippen molar-refractivity contribution < 1.29 is 9.13 Å².